The Labute approximate surface area is 170 Å². The van der Waals surface area contributed by atoms with Crippen molar-refractivity contribution >= 4 is 11.6 Å². The number of hydrogen-bond donors (Lipinski definition) is 1. The van der Waals surface area contributed by atoms with Crippen molar-refractivity contribution in [3.05, 3.63) is 95.1 Å². The fraction of sp³-hybridized carbons (Fsp3) is 0.130. The fourth-order valence-corrected chi connectivity index (χ4v) is 3.88. The van der Waals surface area contributed by atoms with Crippen LogP contribution in [0.4, 0.5) is 18.9 Å². The summed E-state index contributed by atoms with van der Waals surface area (Å²) in [5, 5.41) is 12.0. The molecule has 1 amide bonds. The smallest absolute Gasteiger partial charge is 0.406 e. The maximum atomic E-state index is 13.3. The first kappa shape index (κ1) is 19.5. The van der Waals surface area contributed by atoms with Gasteiger partial charge in [-0.3, -0.25) is 4.79 Å². The minimum absolute atomic E-state index is 0.167. The highest BCUT2D eigenvalue weighted by Crippen LogP contribution is 2.47. The van der Waals surface area contributed by atoms with Gasteiger partial charge in [0, 0.05) is 5.69 Å². The van der Waals surface area contributed by atoms with E-state index in [1.165, 1.54) is 18.2 Å². The molecule has 1 aliphatic heterocycles. The third-order valence-electron chi connectivity index (χ3n) is 5.11. The standard InChI is InChI=1S/C23H15F3N2O2/c24-23(25,26)30-18-9-10-20-19(12-18)22(21(29)28-20,17-7-2-1-3-8-17)13-15-5-4-6-16(11-15)14-27/h1-12H,13H2,(H,28,29). The summed E-state index contributed by atoms with van der Waals surface area (Å²) < 4.78 is 42.4. The number of ether oxygens (including phenoxy) is 1. The molecule has 1 N–H and O–H groups in total. The average molecular weight is 408 g/mol. The summed E-state index contributed by atoms with van der Waals surface area (Å²) in [5.41, 5.74) is 1.33. The molecule has 0 saturated carbocycles. The zero-order valence-corrected chi connectivity index (χ0v) is 15.5. The molecule has 1 heterocycles. The lowest BCUT2D eigenvalue weighted by Gasteiger charge is -2.29. The van der Waals surface area contributed by atoms with E-state index in [0.29, 0.717) is 27.9 Å². The van der Waals surface area contributed by atoms with Crippen LogP contribution < -0.4 is 10.1 Å². The molecule has 0 bridgehead atoms. The first-order valence-corrected chi connectivity index (χ1v) is 9.08. The van der Waals surface area contributed by atoms with Crippen molar-refractivity contribution in [1.82, 2.24) is 0 Å². The molecule has 0 spiro atoms. The highest BCUT2D eigenvalue weighted by molar-refractivity contribution is 6.09. The first-order chi connectivity index (χ1) is 14.3. The summed E-state index contributed by atoms with van der Waals surface area (Å²) >= 11 is 0. The van der Waals surface area contributed by atoms with Crippen LogP contribution in [0.25, 0.3) is 0 Å². The Morgan fingerprint density at radius 1 is 1.00 bits per heavy atom. The van der Waals surface area contributed by atoms with Gasteiger partial charge in [-0.15, -0.1) is 13.2 Å². The number of anilines is 1. The first-order valence-electron chi connectivity index (χ1n) is 9.08. The Hall–Kier alpha value is -3.79. The van der Waals surface area contributed by atoms with Crippen LogP contribution in [0.5, 0.6) is 5.75 Å². The Bertz CT molecular complexity index is 1150. The van der Waals surface area contributed by atoms with Crippen molar-refractivity contribution in [3.8, 4) is 11.8 Å². The lowest BCUT2D eigenvalue weighted by atomic mass is 9.71. The zero-order chi connectivity index (χ0) is 21.4. The van der Waals surface area contributed by atoms with Crippen molar-refractivity contribution in [2.75, 3.05) is 5.32 Å². The van der Waals surface area contributed by atoms with E-state index in [-0.39, 0.29) is 12.3 Å². The summed E-state index contributed by atoms with van der Waals surface area (Å²) in [6.07, 6.45) is -4.68. The van der Waals surface area contributed by atoms with Crippen LogP contribution in [0, 0.1) is 11.3 Å². The van der Waals surface area contributed by atoms with Crippen LogP contribution in [0.2, 0.25) is 0 Å². The Morgan fingerprint density at radius 2 is 1.77 bits per heavy atom. The number of nitrogens with one attached hydrogen (secondary N) is 1. The molecule has 0 aliphatic carbocycles. The molecule has 3 aromatic rings. The number of alkyl halides is 3. The van der Waals surface area contributed by atoms with Gasteiger partial charge in [-0.25, -0.2) is 0 Å². The number of halogens is 3. The van der Waals surface area contributed by atoms with Gasteiger partial charge in [-0.05, 0) is 53.4 Å². The van der Waals surface area contributed by atoms with Crippen LogP contribution in [0.1, 0.15) is 22.3 Å². The second-order valence-electron chi connectivity index (χ2n) is 6.97. The molecule has 30 heavy (non-hydrogen) atoms. The third-order valence-corrected chi connectivity index (χ3v) is 5.11. The van der Waals surface area contributed by atoms with Gasteiger partial charge in [0.25, 0.3) is 0 Å². The summed E-state index contributed by atoms with van der Waals surface area (Å²) in [6, 6.07) is 21.6. The number of nitrogens with zero attached hydrogens (tertiary/aromatic N) is 1. The van der Waals surface area contributed by atoms with E-state index >= 15 is 0 Å². The average Bonchev–Trinajstić information content (AvgIpc) is 2.99. The molecule has 0 aromatic heterocycles. The molecular formula is C23H15F3N2O2. The molecule has 1 atom stereocenters. The topological polar surface area (TPSA) is 62.1 Å². The van der Waals surface area contributed by atoms with E-state index < -0.39 is 17.5 Å². The summed E-state index contributed by atoms with van der Waals surface area (Å²) in [4.78, 5) is 13.3. The number of hydrogen-bond acceptors (Lipinski definition) is 3. The van der Waals surface area contributed by atoms with E-state index in [0.717, 1.165) is 0 Å². The molecule has 3 aromatic carbocycles. The summed E-state index contributed by atoms with van der Waals surface area (Å²) in [5.74, 6) is -0.751. The second-order valence-corrected chi connectivity index (χ2v) is 6.97. The quantitative estimate of drug-likeness (QED) is 0.665. The molecular weight excluding hydrogens is 393 g/mol. The Morgan fingerprint density at radius 3 is 2.47 bits per heavy atom. The third kappa shape index (κ3) is 3.48. The number of benzene rings is 3. The van der Waals surface area contributed by atoms with Gasteiger partial charge in [-0.1, -0.05) is 42.5 Å². The van der Waals surface area contributed by atoms with Crippen molar-refractivity contribution in [3.63, 3.8) is 0 Å². The van der Waals surface area contributed by atoms with Crippen LogP contribution >= 0.6 is 0 Å². The highest BCUT2D eigenvalue weighted by Gasteiger charge is 2.48. The minimum atomic E-state index is -4.85. The minimum Gasteiger partial charge on any atom is -0.406 e. The molecule has 1 unspecified atom stereocenters. The Kier molecular flexibility index (Phi) is 4.70. The number of carbonyl (C=O) groups excluding carboxylic acids is 1. The number of amides is 1. The van der Waals surface area contributed by atoms with Crippen LogP contribution in [0.15, 0.2) is 72.8 Å². The highest BCUT2D eigenvalue weighted by atomic mass is 19.4. The molecule has 4 nitrogen and oxygen atoms in total. The Balaban J connectivity index is 1.90. The summed E-state index contributed by atoms with van der Waals surface area (Å²) in [6.45, 7) is 0. The molecule has 4 rings (SSSR count). The number of fused-ring (bicyclic) bond motifs is 1. The van der Waals surface area contributed by atoms with E-state index in [1.807, 2.05) is 0 Å². The van der Waals surface area contributed by atoms with Crippen molar-refractivity contribution < 1.29 is 22.7 Å². The van der Waals surface area contributed by atoms with Crippen LogP contribution in [-0.4, -0.2) is 12.3 Å². The lowest BCUT2D eigenvalue weighted by molar-refractivity contribution is -0.274. The van der Waals surface area contributed by atoms with Crippen molar-refractivity contribution in [2.24, 2.45) is 0 Å². The van der Waals surface area contributed by atoms with E-state index in [2.05, 4.69) is 16.1 Å². The van der Waals surface area contributed by atoms with Gasteiger partial charge in [0.05, 0.1) is 11.6 Å². The summed E-state index contributed by atoms with van der Waals surface area (Å²) in [7, 11) is 0. The molecule has 0 saturated heterocycles. The molecule has 0 fully saturated rings. The monoisotopic (exact) mass is 408 g/mol. The predicted octanol–water partition coefficient (Wildman–Crippen LogP) is 4.94. The number of nitriles is 1. The van der Waals surface area contributed by atoms with Crippen molar-refractivity contribution in [1.29, 1.82) is 5.26 Å². The molecule has 150 valence electrons. The zero-order valence-electron chi connectivity index (χ0n) is 15.5. The maximum Gasteiger partial charge on any atom is 0.573 e. The molecule has 7 heteroatoms. The van der Waals surface area contributed by atoms with Gasteiger partial charge in [0.15, 0.2) is 0 Å². The predicted molar refractivity (Wildman–Crippen MR) is 104 cm³/mol. The maximum absolute atomic E-state index is 13.3. The van der Waals surface area contributed by atoms with Gasteiger partial charge in [0.2, 0.25) is 5.91 Å². The van der Waals surface area contributed by atoms with Gasteiger partial charge >= 0.3 is 6.36 Å². The lowest BCUT2D eigenvalue weighted by Crippen LogP contribution is -2.38. The van der Waals surface area contributed by atoms with E-state index in [9.17, 15) is 23.2 Å². The van der Waals surface area contributed by atoms with Gasteiger partial charge < -0.3 is 10.1 Å². The number of rotatable bonds is 4. The fourth-order valence-electron chi connectivity index (χ4n) is 3.88. The number of carbonyl (C=O) groups is 1. The largest absolute Gasteiger partial charge is 0.573 e. The van der Waals surface area contributed by atoms with Crippen LogP contribution in [0.3, 0.4) is 0 Å². The molecule has 0 radical (unpaired) electrons. The van der Waals surface area contributed by atoms with E-state index in [4.69, 9.17) is 0 Å². The van der Waals surface area contributed by atoms with Gasteiger partial charge in [-0.2, -0.15) is 5.26 Å². The van der Waals surface area contributed by atoms with Crippen molar-refractivity contribution in [2.45, 2.75) is 18.2 Å². The SMILES string of the molecule is N#Cc1cccc(CC2(c3ccccc3)C(=O)Nc3ccc(OC(F)(F)F)cc32)c1. The molecule has 1 aliphatic rings. The van der Waals surface area contributed by atoms with E-state index in [1.54, 1.807) is 54.6 Å². The van der Waals surface area contributed by atoms with Gasteiger partial charge in [0.1, 0.15) is 11.2 Å². The normalized spacial score (nSPS) is 17.7. The van der Waals surface area contributed by atoms with Crippen LogP contribution in [-0.2, 0) is 16.6 Å². The second kappa shape index (κ2) is 7.23.